The zero-order chi connectivity index (χ0) is 15.3. The molecule has 116 valence electrons. The van der Waals surface area contributed by atoms with E-state index in [1.165, 1.54) is 0 Å². The topological polar surface area (TPSA) is 61.9 Å². The Morgan fingerprint density at radius 2 is 1.90 bits per heavy atom. The molecule has 1 aliphatic rings. The third-order valence-corrected chi connectivity index (χ3v) is 3.22. The predicted molar refractivity (Wildman–Crippen MR) is 77.4 cm³/mol. The first-order valence-corrected chi connectivity index (χ1v) is 7.33. The van der Waals surface area contributed by atoms with Gasteiger partial charge in [-0.15, -0.1) is 0 Å². The third-order valence-electron chi connectivity index (χ3n) is 3.22. The summed E-state index contributed by atoms with van der Waals surface area (Å²) in [6, 6.07) is -0.129. The maximum absolute atomic E-state index is 12.1. The molecule has 0 aromatic heterocycles. The van der Waals surface area contributed by atoms with Gasteiger partial charge in [-0.1, -0.05) is 0 Å². The first-order valence-electron chi connectivity index (χ1n) is 7.33. The Hall–Kier alpha value is -1.46. The first-order chi connectivity index (χ1) is 9.28. The summed E-state index contributed by atoms with van der Waals surface area (Å²) in [5, 5.41) is 2.91. The SMILES string of the molecule is CCN(CC)C(=O)N[C@@H]1CCCN1C(=O)OC(C)(C)C. The lowest BCUT2D eigenvalue weighted by Gasteiger charge is -2.30. The summed E-state index contributed by atoms with van der Waals surface area (Å²) in [7, 11) is 0. The monoisotopic (exact) mass is 285 g/mol. The van der Waals surface area contributed by atoms with Gasteiger partial charge >= 0.3 is 12.1 Å². The zero-order valence-electron chi connectivity index (χ0n) is 13.2. The minimum absolute atomic E-state index is 0.129. The maximum Gasteiger partial charge on any atom is 0.411 e. The Morgan fingerprint density at radius 3 is 2.40 bits per heavy atom. The van der Waals surface area contributed by atoms with Crippen LogP contribution < -0.4 is 5.32 Å². The van der Waals surface area contributed by atoms with Gasteiger partial charge in [0, 0.05) is 19.6 Å². The van der Waals surface area contributed by atoms with Crippen LogP contribution in [-0.2, 0) is 4.74 Å². The molecule has 6 heteroatoms. The van der Waals surface area contributed by atoms with E-state index in [1.54, 1.807) is 9.80 Å². The standard InChI is InChI=1S/C14H27N3O3/c1-6-16(7-2)12(18)15-11-9-8-10-17(11)13(19)20-14(3,4)5/h11H,6-10H2,1-5H3,(H,15,18)/t11-/m0/s1. The van der Waals surface area contributed by atoms with E-state index in [-0.39, 0.29) is 18.3 Å². The van der Waals surface area contributed by atoms with Gasteiger partial charge in [-0.2, -0.15) is 0 Å². The number of rotatable bonds is 3. The average Bonchev–Trinajstić information content (AvgIpc) is 2.76. The van der Waals surface area contributed by atoms with Gasteiger partial charge < -0.3 is 15.0 Å². The molecule has 1 heterocycles. The number of amides is 3. The second kappa shape index (κ2) is 6.81. The van der Waals surface area contributed by atoms with Crippen LogP contribution >= 0.6 is 0 Å². The molecular weight excluding hydrogens is 258 g/mol. The fourth-order valence-electron chi connectivity index (χ4n) is 2.20. The van der Waals surface area contributed by atoms with Gasteiger partial charge in [0.25, 0.3) is 0 Å². The number of hydrogen-bond acceptors (Lipinski definition) is 3. The number of hydrogen-bond donors (Lipinski definition) is 1. The highest BCUT2D eigenvalue weighted by Gasteiger charge is 2.33. The number of likely N-dealkylation sites (tertiary alicyclic amines) is 1. The first kappa shape index (κ1) is 16.6. The molecule has 0 bridgehead atoms. The molecule has 0 aromatic carbocycles. The Labute approximate surface area is 121 Å². The fraction of sp³-hybridized carbons (Fsp3) is 0.857. The van der Waals surface area contributed by atoms with Gasteiger partial charge in [0.05, 0.1) is 0 Å². The molecule has 1 N–H and O–H groups in total. The normalized spacial score (nSPS) is 18.9. The van der Waals surface area contributed by atoms with E-state index < -0.39 is 5.60 Å². The van der Waals surface area contributed by atoms with Gasteiger partial charge in [-0.25, -0.2) is 9.59 Å². The highest BCUT2D eigenvalue weighted by atomic mass is 16.6. The summed E-state index contributed by atoms with van der Waals surface area (Å²) < 4.78 is 5.37. The molecule has 0 radical (unpaired) electrons. The van der Waals surface area contributed by atoms with Crippen molar-refractivity contribution in [1.82, 2.24) is 15.1 Å². The molecule has 0 saturated carbocycles. The van der Waals surface area contributed by atoms with Crippen LogP contribution in [0.1, 0.15) is 47.5 Å². The van der Waals surface area contributed by atoms with Gasteiger partial charge in [-0.3, -0.25) is 4.90 Å². The predicted octanol–water partition coefficient (Wildman–Crippen LogP) is 2.39. The van der Waals surface area contributed by atoms with E-state index in [4.69, 9.17) is 4.74 Å². The lowest BCUT2D eigenvalue weighted by atomic mass is 10.2. The summed E-state index contributed by atoms with van der Waals surface area (Å²) in [5.74, 6) is 0. The number of ether oxygens (including phenoxy) is 1. The quantitative estimate of drug-likeness (QED) is 0.866. The van der Waals surface area contributed by atoms with Crippen LogP contribution in [0.3, 0.4) is 0 Å². The lowest BCUT2D eigenvalue weighted by Crippen LogP contribution is -2.52. The minimum Gasteiger partial charge on any atom is -0.444 e. The summed E-state index contributed by atoms with van der Waals surface area (Å²) in [4.78, 5) is 27.5. The van der Waals surface area contributed by atoms with Crippen molar-refractivity contribution >= 4 is 12.1 Å². The van der Waals surface area contributed by atoms with Crippen LogP contribution in [0, 0.1) is 0 Å². The Balaban J connectivity index is 2.61. The number of urea groups is 1. The molecule has 1 aliphatic heterocycles. The highest BCUT2D eigenvalue weighted by Crippen LogP contribution is 2.19. The van der Waals surface area contributed by atoms with E-state index in [0.717, 1.165) is 12.8 Å². The van der Waals surface area contributed by atoms with E-state index in [0.29, 0.717) is 19.6 Å². The van der Waals surface area contributed by atoms with Crippen LogP contribution in [-0.4, -0.2) is 53.3 Å². The maximum atomic E-state index is 12.1. The zero-order valence-corrected chi connectivity index (χ0v) is 13.2. The van der Waals surface area contributed by atoms with Gasteiger partial charge in [0.2, 0.25) is 0 Å². The number of nitrogens with zero attached hydrogens (tertiary/aromatic N) is 2. The third kappa shape index (κ3) is 4.58. The van der Waals surface area contributed by atoms with E-state index in [1.807, 2.05) is 34.6 Å². The van der Waals surface area contributed by atoms with Crippen molar-refractivity contribution in [2.45, 2.75) is 59.2 Å². The molecule has 1 fully saturated rings. The van der Waals surface area contributed by atoms with Crippen LogP contribution in [0.15, 0.2) is 0 Å². The van der Waals surface area contributed by atoms with Crippen molar-refractivity contribution < 1.29 is 14.3 Å². The van der Waals surface area contributed by atoms with Crippen molar-refractivity contribution in [2.75, 3.05) is 19.6 Å². The van der Waals surface area contributed by atoms with E-state index in [2.05, 4.69) is 5.32 Å². The van der Waals surface area contributed by atoms with E-state index >= 15 is 0 Å². The summed E-state index contributed by atoms with van der Waals surface area (Å²) in [6.45, 7) is 11.3. The molecule has 1 rings (SSSR count). The number of nitrogens with one attached hydrogen (secondary N) is 1. The summed E-state index contributed by atoms with van der Waals surface area (Å²) in [6.07, 6.45) is 1.02. The van der Waals surface area contributed by atoms with Crippen molar-refractivity contribution in [3.63, 3.8) is 0 Å². The molecule has 3 amide bonds. The number of carbonyl (C=O) groups is 2. The van der Waals surface area contributed by atoms with Crippen molar-refractivity contribution in [2.24, 2.45) is 0 Å². The second-order valence-electron chi connectivity index (χ2n) is 5.95. The van der Waals surface area contributed by atoms with Crippen molar-refractivity contribution in [1.29, 1.82) is 0 Å². The molecule has 0 unspecified atom stereocenters. The Morgan fingerprint density at radius 1 is 1.30 bits per heavy atom. The molecule has 0 aromatic rings. The highest BCUT2D eigenvalue weighted by molar-refractivity contribution is 5.76. The van der Waals surface area contributed by atoms with Gasteiger partial charge in [0.1, 0.15) is 11.8 Å². The van der Waals surface area contributed by atoms with Crippen LogP contribution in [0.2, 0.25) is 0 Å². The molecule has 20 heavy (non-hydrogen) atoms. The summed E-state index contributed by atoms with van der Waals surface area (Å²) in [5.41, 5.74) is -0.521. The molecule has 1 atom stereocenters. The van der Waals surface area contributed by atoms with Gasteiger partial charge in [0.15, 0.2) is 0 Å². The smallest absolute Gasteiger partial charge is 0.411 e. The molecule has 0 aliphatic carbocycles. The molecule has 1 saturated heterocycles. The molecule has 0 spiro atoms. The largest absolute Gasteiger partial charge is 0.444 e. The summed E-state index contributed by atoms with van der Waals surface area (Å²) >= 11 is 0. The molecular formula is C14H27N3O3. The van der Waals surface area contributed by atoms with Gasteiger partial charge in [-0.05, 0) is 47.5 Å². The van der Waals surface area contributed by atoms with Crippen molar-refractivity contribution in [3.8, 4) is 0 Å². The van der Waals surface area contributed by atoms with Crippen LogP contribution in [0.25, 0.3) is 0 Å². The fourth-order valence-corrected chi connectivity index (χ4v) is 2.20. The molecule has 6 nitrogen and oxygen atoms in total. The minimum atomic E-state index is -0.521. The Kier molecular flexibility index (Phi) is 5.65. The van der Waals surface area contributed by atoms with E-state index in [9.17, 15) is 9.59 Å². The van der Waals surface area contributed by atoms with Crippen LogP contribution in [0.5, 0.6) is 0 Å². The average molecular weight is 285 g/mol. The van der Waals surface area contributed by atoms with Crippen LogP contribution in [0.4, 0.5) is 9.59 Å². The number of carbonyl (C=O) groups excluding carboxylic acids is 2. The lowest BCUT2D eigenvalue weighted by molar-refractivity contribution is 0.0207. The van der Waals surface area contributed by atoms with Crippen molar-refractivity contribution in [3.05, 3.63) is 0 Å². The second-order valence-corrected chi connectivity index (χ2v) is 5.95. The Bertz CT molecular complexity index is 348.